The van der Waals surface area contributed by atoms with Crippen molar-refractivity contribution in [1.82, 2.24) is 9.88 Å². The molecule has 1 aromatic heterocycles. The largest absolute Gasteiger partial charge is 0.480 e. The number of carbonyl (C=O) groups excluding carboxylic acids is 1. The van der Waals surface area contributed by atoms with E-state index in [0.717, 1.165) is 12.8 Å². The van der Waals surface area contributed by atoms with Crippen LogP contribution in [0.5, 0.6) is 0 Å². The topological polar surface area (TPSA) is 70.5 Å². The maximum absolute atomic E-state index is 12.7. The van der Waals surface area contributed by atoms with Crippen LogP contribution in [0.4, 0.5) is 0 Å². The van der Waals surface area contributed by atoms with Crippen molar-refractivity contribution in [2.24, 2.45) is 0 Å². The van der Waals surface area contributed by atoms with Gasteiger partial charge in [-0.15, -0.1) is 11.8 Å². The SMILES string of the molecule is CCCC1SCC(C(=O)O)N1C(=O)c1cc(Cl)ncc1Cl. The lowest BCUT2D eigenvalue weighted by Crippen LogP contribution is -2.45. The average molecular weight is 349 g/mol. The Morgan fingerprint density at radius 1 is 1.52 bits per heavy atom. The van der Waals surface area contributed by atoms with Gasteiger partial charge in [0.15, 0.2) is 0 Å². The lowest BCUT2D eigenvalue weighted by molar-refractivity contribution is -0.141. The molecule has 2 atom stereocenters. The number of carboxylic acids is 1. The highest BCUT2D eigenvalue weighted by molar-refractivity contribution is 8.00. The van der Waals surface area contributed by atoms with Gasteiger partial charge in [-0.3, -0.25) is 4.79 Å². The van der Waals surface area contributed by atoms with Crippen LogP contribution < -0.4 is 0 Å². The van der Waals surface area contributed by atoms with Crippen LogP contribution >= 0.6 is 35.0 Å². The van der Waals surface area contributed by atoms with Crippen LogP contribution in [-0.2, 0) is 4.79 Å². The number of hydrogen-bond donors (Lipinski definition) is 1. The second kappa shape index (κ2) is 6.85. The molecule has 5 nitrogen and oxygen atoms in total. The summed E-state index contributed by atoms with van der Waals surface area (Å²) in [4.78, 5) is 29.3. The third-order valence-corrected chi connectivity index (χ3v) is 5.06. The lowest BCUT2D eigenvalue weighted by atomic mass is 10.1. The van der Waals surface area contributed by atoms with Gasteiger partial charge >= 0.3 is 5.97 Å². The van der Waals surface area contributed by atoms with Gasteiger partial charge in [0.05, 0.1) is 16.0 Å². The maximum atomic E-state index is 12.7. The van der Waals surface area contributed by atoms with E-state index in [1.54, 1.807) is 0 Å². The molecule has 0 bridgehead atoms. The van der Waals surface area contributed by atoms with E-state index in [-0.39, 0.29) is 21.1 Å². The fourth-order valence-electron chi connectivity index (χ4n) is 2.21. The summed E-state index contributed by atoms with van der Waals surface area (Å²) in [6, 6.07) is 0.527. The van der Waals surface area contributed by atoms with Gasteiger partial charge in [0, 0.05) is 11.9 Å². The van der Waals surface area contributed by atoms with Gasteiger partial charge < -0.3 is 10.0 Å². The number of hydrogen-bond acceptors (Lipinski definition) is 4. The van der Waals surface area contributed by atoms with Crippen molar-refractivity contribution >= 4 is 46.8 Å². The van der Waals surface area contributed by atoms with Crippen LogP contribution in [0.1, 0.15) is 30.1 Å². The Labute approximate surface area is 136 Å². The van der Waals surface area contributed by atoms with Crippen LogP contribution in [0, 0.1) is 0 Å². The molecule has 2 heterocycles. The van der Waals surface area contributed by atoms with Crippen LogP contribution in [0.3, 0.4) is 0 Å². The number of pyridine rings is 1. The van der Waals surface area contributed by atoms with Gasteiger partial charge in [-0.25, -0.2) is 9.78 Å². The second-order valence-electron chi connectivity index (χ2n) is 4.63. The van der Waals surface area contributed by atoms with Crippen LogP contribution in [-0.4, -0.2) is 44.0 Å². The molecule has 0 spiro atoms. The first kappa shape index (κ1) is 16.4. The zero-order valence-corrected chi connectivity index (χ0v) is 13.6. The Morgan fingerprint density at radius 3 is 2.86 bits per heavy atom. The van der Waals surface area contributed by atoms with Crippen molar-refractivity contribution in [3.8, 4) is 0 Å². The van der Waals surface area contributed by atoms with Gasteiger partial charge in [-0.2, -0.15) is 0 Å². The van der Waals surface area contributed by atoms with E-state index in [2.05, 4.69) is 4.98 Å². The fourth-order valence-corrected chi connectivity index (χ4v) is 4.07. The average Bonchev–Trinajstić information content (AvgIpc) is 2.85. The lowest BCUT2D eigenvalue weighted by Gasteiger charge is -2.27. The molecule has 2 rings (SSSR count). The Kier molecular flexibility index (Phi) is 5.35. The van der Waals surface area contributed by atoms with Crippen LogP contribution in [0.2, 0.25) is 10.2 Å². The molecule has 1 fully saturated rings. The highest BCUT2D eigenvalue weighted by Gasteiger charge is 2.41. The Balaban J connectivity index is 2.36. The molecule has 1 aromatic rings. The molecule has 0 aromatic carbocycles. The fraction of sp³-hybridized carbons (Fsp3) is 0.462. The minimum absolute atomic E-state index is 0.147. The first-order chi connectivity index (χ1) is 9.95. The maximum Gasteiger partial charge on any atom is 0.327 e. The van der Waals surface area contributed by atoms with Crippen molar-refractivity contribution < 1.29 is 14.7 Å². The van der Waals surface area contributed by atoms with Gasteiger partial charge in [-0.05, 0) is 12.5 Å². The highest BCUT2D eigenvalue weighted by atomic mass is 35.5. The molecule has 1 aliphatic rings. The number of thioether (sulfide) groups is 1. The number of aromatic nitrogens is 1. The number of rotatable bonds is 4. The zero-order chi connectivity index (χ0) is 15.6. The van der Waals surface area contributed by atoms with Crippen LogP contribution in [0.25, 0.3) is 0 Å². The van der Waals surface area contributed by atoms with E-state index >= 15 is 0 Å². The van der Waals surface area contributed by atoms with E-state index in [1.807, 2.05) is 6.92 Å². The number of carbonyl (C=O) groups is 2. The summed E-state index contributed by atoms with van der Waals surface area (Å²) < 4.78 is 0. The molecular weight excluding hydrogens is 335 g/mol. The molecule has 8 heteroatoms. The quantitative estimate of drug-likeness (QED) is 0.846. The second-order valence-corrected chi connectivity index (χ2v) is 6.64. The predicted molar refractivity (Wildman–Crippen MR) is 83.0 cm³/mol. The number of carboxylic acid groups (broad SMARTS) is 1. The van der Waals surface area contributed by atoms with E-state index in [9.17, 15) is 14.7 Å². The monoisotopic (exact) mass is 348 g/mol. The Bertz CT molecular complexity index is 570. The van der Waals surface area contributed by atoms with Gasteiger partial charge in [0.1, 0.15) is 11.2 Å². The normalized spacial score (nSPS) is 21.6. The van der Waals surface area contributed by atoms with E-state index in [0.29, 0.717) is 5.75 Å². The van der Waals surface area contributed by atoms with Crippen molar-refractivity contribution in [3.63, 3.8) is 0 Å². The molecule has 0 radical (unpaired) electrons. The summed E-state index contributed by atoms with van der Waals surface area (Å²) in [5, 5.41) is 9.46. The van der Waals surface area contributed by atoms with E-state index in [4.69, 9.17) is 23.2 Å². The molecule has 1 saturated heterocycles. The molecule has 0 aliphatic carbocycles. The minimum atomic E-state index is -1.01. The van der Waals surface area contributed by atoms with E-state index in [1.165, 1.54) is 28.9 Å². The van der Waals surface area contributed by atoms with Crippen molar-refractivity contribution in [1.29, 1.82) is 0 Å². The zero-order valence-electron chi connectivity index (χ0n) is 11.3. The predicted octanol–water partition coefficient (Wildman–Crippen LogP) is 3.16. The third-order valence-electron chi connectivity index (χ3n) is 3.20. The molecule has 0 saturated carbocycles. The number of amides is 1. The molecule has 1 aliphatic heterocycles. The molecule has 114 valence electrons. The summed E-state index contributed by atoms with van der Waals surface area (Å²) in [7, 11) is 0. The molecular formula is C13H14Cl2N2O3S. The van der Waals surface area contributed by atoms with E-state index < -0.39 is 17.9 Å². The van der Waals surface area contributed by atoms with Crippen molar-refractivity contribution in [2.75, 3.05) is 5.75 Å². The minimum Gasteiger partial charge on any atom is -0.480 e. The Morgan fingerprint density at radius 2 is 2.24 bits per heavy atom. The third kappa shape index (κ3) is 3.44. The number of halogens is 2. The first-order valence-corrected chi connectivity index (χ1v) is 8.24. The molecule has 1 amide bonds. The molecule has 1 N–H and O–H groups in total. The van der Waals surface area contributed by atoms with Gasteiger partial charge in [0.2, 0.25) is 0 Å². The number of nitrogens with zero attached hydrogens (tertiary/aromatic N) is 2. The summed E-state index contributed by atoms with van der Waals surface area (Å²) >= 11 is 13.3. The summed E-state index contributed by atoms with van der Waals surface area (Å²) in [5.74, 6) is -1.05. The molecule has 2 unspecified atom stereocenters. The van der Waals surface area contributed by atoms with Crippen molar-refractivity contribution in [2.45, 2.75) is 31.2 Å². The highest BCUT2D eigenvalue weighted by Crippen LogP contribution is 2.34. The van der Waals surface area contributed by atoms with Crippen molar-refractivity contribution in [3.05, 3.63) is 28.0 Å². The summed E-state index contributed by atoms with van der Waals surface area (Å²) in [5.41, 5.74) is 0.187. The smallest absolute Gasteiger partial charge is 0.327 e. The Hall–Kier alpha value is -0.980. The molecule has 21 heavy (non-hydrogen) atoms. The number of aliphatic carboxylic acids is 1. The first-order valence-electron chi connectivity index (χ1n) is 6.43. The summed E-state index contributed by atoms with van der Waals surface area (Å²) in [6.07, 6.45) is 2.89. The van der Waals surface area contributed by atoms with Gasteiger partial charge in [0.25, 0.3) is 5.91 Å². The summed E-state index contributed by atoms with van der Waals surface area (Å²) in [6.45, 7) is 1.99. The van der Waals surface area contributed by atoms with Gasteiger partial charge in [-0.1, -0.05) is 36.5 Å². The standard InChI is InChI=1S/C13H14Cl2N2O3S/c1-2-3-11-17(9(6-21-11)13(19)20)12(18)7-4-10(15)16-5-8(7)14/h4-5,9,11H,2-3,6H2,1H3,(H,19,20). The van der Waals surface area contributed by atoms with Crippen LogP contribution in [0.15, 0.2) is 12.3 Å².